The van der Waals surface area contributed by atoms with Gasteiger partial charge in [-0.05, 0) is 24.3 Å². The van der Waals surface area contributed by atoms with E-state index in [0.717, 1.165) is 0 Å². The van der Waals surface area contributed by atoms with Gasteiger partial charge in [-0.2, -0.15) is 0 Å². The molecule has 0 saturated heterocycles. The van der Waals surface area contributed by atoms with Crippen molar-refractivity contribution < 1.29 is 13.9 Å². The minimum absolute atomic E-state index is 0.0745. The molecule has 17 heavy (non-hydrogen) atoms. The summed E-state index contributed by atoms with van der Waals surface area (Å²) >= 11 is 5.65. The minimum atomic E-state index is -0.483. The number of anilines is 1. The molecule has 0 bridgehead atoms. The molecule has 0 amide bonds. The average Bonchev–Trinajstić information content (AvgIpc) is 2.79. The monoisotopic (exact) mass is 255 g/mol. The van der Waals surface area contributed by atoms with Crippen LogP contribution in [-0.2, 0) is 13.2 Å². The largest absolute Gasteiger partial charge is 0.462 e. The van der Waals surface area contributed by atoms with E-state index in [-0.39, 0.29) is 11.6 Å². The van der Waals surface area contributed by atoms with Crippen LogP contribution in [0.4, 0.5) is 10.1 Å². The normalized spacial score (nSPS) is 10.5. The average molecular weight is 256 g/mol. The summed E-state index contributed by atoms with van der Waals surface area (Å²) in [6.45, 7) is 0.183. The van der Waals surface area contributed by atoms with Crippen LogP contribution in [-0.4, -0.2) is 5.11 Å². The van der Waals surface area contributed by atoms with Crippen molar-refractivity contribution in [3.8, 4) is 0 Å². The van der Waals surface area contributed by atoms with Crippen molar-refractivity contribution in [1.82, 2.24) is 0 Å². The first kappa shape index (κ1) is 12.0. The summed E-state index contributed by atoms with van der Waals surface area (Å²) in [5.41, 5.74) is 0.319. The maximum absolute atomic E-state index is 13.5. The molecule has 0 spiro atoms. The molecule has 5 heteroatoms. The number of nitrogens with one attached hydrogen (secondary N) is 1. The van der Waals surface area contributed by atoms with Gasteiger partial charge >= 0.3 is 0 Å². The molecule has 0 atom stereocenters. The van der Waals surface area contributed by atoms with Crippen molar-refractivity contribution >= 4 is 17.3 Å². The van der Waals surface area contributed by atoms with Crippen LogP contribution in [0.3, 0.4) is 0 Å². The van der Waals surface area contributed by atoms with Crippen LogP contribution in [0.1, 0.15) is 11.5 Å². The first-order valence-electron chi connectivity index (χ1n) is 5.07. The predicted octanol–water partition coefficient (Wildman–Crippen LogP) is 3.18. The van der Waals surface area contributed by atoms with E-state index < -0.39 is 5.82 Å². The molecule has 0 aliphatic heterocycles. The highest BCUT2D eigenvalue weighted by Gasteiger charge is 2.06. The molecule has 90 valence electrons. The second-order valence-corrected chi connectivity index (χ2v) is 3.89. The summed E-state index contributed by atoms with van der Waals surface area (Å²) in [4.78, 5) is 0. The standard InChI is InChI=1S/C12H11ClFNO2/c13-10-2-1-3-11(12(10)14)15-6-8-4-5-9(7-16)17-8/h1-5,15-16H,6-7H2. The highest BCUT2D eigenvalue weighted by Crippen LogP contribution is 2.22. The fourth-order valence-electron chi connectivity index (χ4n) is 1.42. The molecule has 1 aromatic heterocycles. The van der Waals surface area contributed by atoms with Crippen molar-refractivity contribution in [2.45, 2.75) is 13.2 Å². The van der Waals surface area contributed by atoms with Gasteiger partial charge in [0, 0.05) is 0 Å². The third-order valence-corrected chi connectivity index (χ3v) is 2.57. The Morgan fingerprint density at radius 1 is 1.24 bits per heavy atom. The van der Waals surface area contributed by atoms with Crippen molar-refractivity contribution in [3.63, 3.8) is 0 Å². The van der Waals surface area contributed by atoms with Crippen molar-refractivity contribution in [2.75, 3.05) is 5.32 Å². The van der Waals surface area contributed by atoms with Crippen LogP contribution in [0, 0.1) is 5.82 Å². The van der Waals surface area contributed by atoms with E-state index in [0.29, 0.717) is 23.8 Å². The van der Waals surface area contributed by atoms with Gasteiger partial charge in [-0.1, -0.05) is 17.7 Å². The molecular formula is C12H11ClFNO2. The van der Waals surface area contributed by atoms with Gasteiger partial charge in [0.05, 0.1) is 17.3 Å². The first-order chi connectivity index (χ1) is 8.20. The zero-order valence-corrected chi connectivity index (χ0v) is 9.67. The third-order valence-electron chi connectivity index (χ3n) is 2.28. The molecule has 0 radical (unpaired) electrons. The number of furan rings is 1. The topological polar surface area (TPSA) is 45.4 Å². The number of halogens is 2. The smallest absolute Gasteiger partial charge is 0.164 e. The van der Waals surface area contributed by atoms with E-state index in [2.05, 4.69) is 5.32 Å². The van der Waals surface area contributed by atoms with Crippen molar-refractivity contribution in [1.29, 1.82) is 0 Å². The molecule has 0 aliphatic rings. The van der Waals surface area contributed by atoms with Crippen molar-refractivity contribution in [2.24, 2.45) is 0 Å². The summed E-state index contributed by atoms with van der Waals surface area (Å²) in [6, 6.07) is 8.14. The minimum Gasteiger partial charge on any atom is -0.462 e. The van der Waals surface area contributed by atoms with Crippen LogP contribution < -0.4 is 5.32 Å². The lowest BCUT2D eigenvalue weighted by Crippen LogP contribution is -2.00. The molecule has 0 unspecified atom stereocenters. The molecule has 0 fully saturated rings. The molecule has 0 saturated carbocycles. The molecule has 2 rings (SSSR count). The number of hydrogen-bond acceptors (Lipinski definition) is 3. The van der Waals surface area contributed by atoms with Gasteiger partial charge in [0.25, 0.3) is 0 Å². The van der Waals surface area contributed by atoms with Crippen LogP contribution in [0.5, 0.6) is 0 Å². The lowest BCUT2D eigenvalue weighted by molar-refractivity contribution is 0.244. The highest BCUT2D eigenvalue weighted by atomic mass is 35.5. The Morgan fingerprint density at radius 3 is 2.71 bits per heavy atom. The molecule has 2 N–H and O–H groups in total. The summed E-state index contributed by atoms with van der Waals surface area (Å²) in [6.07, 6.45) is 0. The van der Waals surface area contributed by atoms with Crippen LogP contribution in [0.25, 0.3) is 0 Å². The zero-order chi connectivity index (χ0) is 12.3. The Labute approximate surface area is 103 Å². The first-order valence-corrected chi connectivity index (χ1v) is 5.45. The Morgan fingerprint density at radius 2 is 2.00 bits per heavy atom. The summed E-state index contributed by atoms with van der Waals surface area (Å²) < 4.78 is 18.8. The predicted molar refractivity (Wildman–Crippen MR) is 63.4 cm³/mol. The van der Waals surface area contributed by atoms with Crippen LogP contribution in [0.2, 0.25) is 5.02 Å². The molecule has 0 aliphatic carbocycles. The van der Waals surface area contributed by atoms with Gasteiger partial charge in [0.2, 0.25) is 0 Å². The Balaban J connectivity index is 2.04. The fraction of sp³-hybridized carbons (Fsp3) is 0.167. The number of rotatable bonds is 4. The van der Waals surface area contributed by atoms with Gasteiger partial charge in [0.1, 0.15) is 18.1 Å². The van der Waals surface area contributed by atoms with E-state index in [4.69, 9.17) is 21.1 Å². The maximum Gasteiger partial charge on any atom is 0.164 e. The summed E-state index contributed by atoms with van der Waals surface area (Å²) in [7, 11) is 0. The van der Waals surface area contributed by atoms with Gasteiger partial charge in [0.15, 0.2) is 5.82 Å². The SMILES string of the molecule is OCc1ccc(CNc2cccc(Cl)c2F)o1. The lowest BCUT2D eigenvalue weighted by Gasteiger charge is -2.06. The van der Waals surface area contributed by atoms with Crippen LogP contribution in [0.15, 0.2) is 34.7 Å². The fourth-order valence-corrected chi connectivity index (χ4v) is 1.60. The van der Waals surface area contributed by atoms with E-state index in [1.165, 1.54) is 6.07 Å². The number of benzene rings is 1. The van der Waals surface area contributed by atoms with Gasteiger partial charge in [-0.15, -0.1) is 0 Å². The summed E-state index contributed by atoms with van der Waals surface area (Å²) in [5.74, 6) is 0.616. The van der Waals surface area contributed by atoms with Crippen molar-refractivity contribution in [3.05, 3.63) is 52.7 Å². The van der Waals surface area contributed by atoms with E-state index in [1.54, 1.807) is 24.3 Å². The number of aliphatic hydroxyl groups is 1. The van der Waals surface area contributed by atoms with Gasteiger partial charge in [-0.25, -0.2) is 4.39 Å². The van der Waals surface area contributed by atoms with E-state index in [9.17, 15) is 4.39 Å². The highest BCUT2D eigenvalue weighted by molar-refractivity contribution is 6.31. The second-order valence-electron chi connectivity index (χ2n) is 3.48. The molecule has 1 heterocycles. The second kappa shape index (κ2) is 5.21. The van der Waals surface area contributed by atoms with E-state index in [1.807, 2.05) is 0 Å². The third kappa shape index (κ3) is 2.78. The Hall–Kier alpha value is -1.52. The summed E-state index contributed by atoms with van der Waals surface area (Å²) in [5, 5.41) is 11.8. The number of hydrogen-bond donors (Lipinski definition) is 2. The van der Waals surface area contributed by atoms with Gasteiger partial charge < -0.3 is 14.8 Å². The zero-order valence-electron chi connectivity index (χ0n) is 8.91. The molecule has 1 aromatic carbocycles. The molecular weight excluding hydrogens is 245 g/mol. The number of aliphatic hydroxyl groups excluding tert-OH is 1. The quantitative estimate of drug-likeness (QED) is 0.882. The van der Waals surface area contributed by atoms with Crippen LogP contribution >= 0.6 is 11.6 Å². The van der Waals surface area contributed by atoms with E-state index >= 15 is 0 Å². The Kier molecular flexibility index (Phi) is 3.66. The lowest BCUT2D eigenvalue weighted by atomic mass is 10.3. The Bertz CT molecular complexity index is 513. The maximum atomic E-state index is 13.5. The molecule has 3 nitrogen and oxygen atoms in total. The molecule has 2 aromatic rings. The van der Waals surface area contributed by atoms with Gasteiger partial charge in [-0.3, -0.25) is 0 Å².